The van der Waals surface area contributed by atoms with E-state index in [-0.39, 0.29) is 23.5 Å². The normalized spacial score (nSPS) is 24.2. The molecule has 0 aromatic carbocycles. The lowest BCUT2D eigenvalue weighted by Crippen LogP contribution is -2.35. The summed E-state index contributed by atoms with van der Waals surface area (Å²) in [6.45, 7) is 0.686. The van der Waals surface area contributed by atoms with Crippen molar-refractivity contribution in [1.29, 1.82) is 0 Å². The molecular formula is C8H13ClN2O2. The molecule has 3 N–H and O–H groups in total. The van der Waals surface area contributed by atoms with Crippen LogP contribution in [0.4, 0.5) is 0 Å². The molecule has 1 saturated heterocycles. The van der Waals surface area contributed by atoms with Crippen molar-refractivity contribution in [2.45, 2.75) is 18.9 Å². The van der Waals surface area contributed by atoms with Crippen LogP contribution in [-0.2, 0) is 9.59 Å². The van der Waals surface area contributed by atoms with Crippen LogP contribution < -0.4 is 11.1 Å². The molecule has 0 spiro atoms. The number of Topliss-reactive ketones (excluding diaryl/α,β-unsaturated/α-hetero) is 1. The van der Waals surface area contributed by atoms with Crippen molar-refractivity contribution < 1.29 is 9.59 Å². The molecule has 0 aliphatic carbocycles. The monoisotopic (exact) mass is 204 g/mol. The van der Waals surface area contributed by atoms with E-state index in [1.165, 1.54) is 0 Å². The summed E-state index contributed by atoms with van der Waals surface area (Å²) >= 11 is 5.34. The quantitative estimate of drug-likeness (QED) is 0.615. The molecule has 0 radical (unpaired) electrons. The van der Waals surface area contributed by atoms with E-state index in [2.05, 4.69) is 5.32 Å². The van der Waals surface area contributed by atoms with Gasteiger partial charge in [0.25, 0.3) is 0 Å². The molecule has 1 heterocycles. The van der Waals surface area contributed by atoms with Crippen LogP contribution in [0.15, 0.2) is 0 Å². The molecule has 1 aliphatic heterocycles. The first kappa shape index (κ1) is 10.5. The minimum atomic E-state index is -0.591. The number of nitrogens with one attached hydrogen (secondary N) is 1. The zero-order valence-corrected chi connectivity index (χ0v) is 8.01. The third kappa shape index (κ3) is 2.67. The van der Waals surface area contributed by atoms with E-state index >= 15 is 0 Å². The fraction of sp³-hybridized carbons (Fsp3) is 0.750. The van der Waals surface area contributed by atoms with Gasteiger partial charge in [0.1, 0.15) is 0 Å². The molecule has 1 fully saturated rings. The summed E-state index contributed by atoms with van der Waals surface area (Å²) < 4.78 is 0. The third-order valence-electron chi connectivity index (χ3n) is 2.25. The van der Waals surface area contributed by atoms with Gasteiger partial charge < -0.3 is 11.1 Å². The first-order valence-electron chi connectivity index (χ1n) is 4.27. The van der Waals surface area contributed by atoms with Crippen LogP contribution in [0.3, 0.4) is 0 Å². The molecule has 1 rings (SSSR count). The smallest absolute Gasteiger partial charge is 0.223 e. The Labute approximate surface area is 81.8 Å². The van der Waals surface area contributed by atoms with E-state index in [4.69, 9.17) is 17.3 Å². The topological polar surface area (TPSA) is 72.2 Å². The summed E-state index contributed by atoms with van der Waals surface area (Å²) in [4.78, 5) is 22.1. The first-order valence-corrected chi connectivity index (χ1v) is 4.80. The zero-order chi connectivity index (χ0) is 9.84. The van der Waals surface area contributed by atoms with Gasteiger partial charge in [0.15, 0.2) is 5.78 Å². The molecule has 2 atom stereocenters. The molecule has 4 nitrogen and oxygen atoms in total. The molecule has 0 aromatic heterocycles. The van der Waals surface area contributed by atoms with E-state index < -0.39 is 6.04 Å². The lowest BCUT2D eigenvalue weighted by Gasteiger charge is -2.11. The van der Waals surface area contributed by atoms with Crippen molar-refractivity contribution in [2.24, 2.45) is 11.7 Å². The zero-order valence-electron chi connectivity index (χ0n) is 7.25. The van der Waals surface area contributed by atoms with E-state index in [0.29, 0.717) is 13.0 Å². The standard InChI is InChI=1S/C8H13ClN2O2/c9-4-7(12)6(10)3-5-1-2-11-8(5)13/h5-6H,1-4,10H2,(H,11,13)/t5?,6-/m0/s1. The van der Waals surface area contributed by atoms with Crippen LogP contribution in [0.1, 0.15) is 12.8 Å². The van der Waals surface area contributed by atoms with Gasteiger partial charge in [-0.2, -0.15) is 0 Å². The molecule has 0 bridgehead atoms. The van der Waals surface area contributed by atoms with Crippen LogP contribution in [0, 0.1) is 5.92 Å². The predicted octanol–water partition coefficient (Wildman–Crippen LogP) is -0.352. The van der Waals surface area contributed by atoms with Gasteiger partial charge in [-0.3, -0.25) is 9.59 Å². The van der Waals surface area contributed by atoms with Crippen LogP contribution in [-0.4, -0.2) is 30.2 Å². The maximum Gasteiger partial charge on any atom is 0.223 e. The highest BCUT2D eigenvalue weighted by Crippen LogP contribution is 2.15. The Hall–Kier alpha value is -0.610. The maximum absolute atomic E-state index is 11.1. The Bertz CT molecular complexity index is 220. The highest BCUT2D eigenvalue weighted by Gasteiger charge is 2.27. The predicted molar refractivity (Wildman–Crippen MR) is 49.4 cm³/mol. The fourth-order valence-electron chi connectivity index (χ4n) is 1.41. The van der Waals surface area contributed by atoms with Gasteiger partial charge >= 0.3 is 0 Å². The summed E-state index contributed by atoms with van der Waals surface area (Å²) in [5.74, 6) is -0.378. The van der Waals surface area contributed by atoms with Crippen molar-refractivity contribution in [3.05, 3.63) is 0 Å². The summed E-state index contributed by atoms with van der Waals surface area (Å²) in [6.07, 6.45) is 1.18. The van der Waals surface area contributed by atoms with Crippen molar-refractivity contribution in [3.8, 4) is 0 Å². The van der Waals surface area contributed by atoms with Crippen molar-refractivity contribution in [1.82, 2.24) is 5.32 Å². The number of carbonyl (C=O) groups excluding carboxylic acids is 2. The number of amides is 1. The maximum atomic E-state index is 11.1. The lowest BCUT2D eigenvalue weighted by atomic mass is 9.97. The molecule has 1 amide bonds. The number of ketones is 1. The molecule has 1 unspecified atom stereocenters. The van der Waals surface area contributed by atoms with Crippen molar-refractivity contribution in [2.75, 3.05) is 12.4 Å². The molecule has 5 heteroatoms. The fourth-order valence-corrected chi connectivity index (χ4v) is 1.61. The van der Waals surface area contributed by atoms with Gasteiger partial charge in [-0.05, 0) is 12.8 Å². The Kier molecular flexibility index (Phi) is 3.69. The van der Waals surface area contributed by atoms with Gasteiger partial charge in [0.05, 0.1) is 11.9 Å². The number of alkyl halides is 1. The number of hydrogen-bond donors (Lipinski definition) is 2. The van der Waals surface area contributed by atoms with E-state index in [1.54, 1.807) is 0 Å². The van der Waals surface area contributed by atoms with Gasteiger partial charge in [-0.1, -0.05) is 0 Å². The molecule has 0 aromatic rings. The summed E-state index contributed by atoms with van der Waals surface area (Å²) in [7, 11) is 0. The second-order valence-electron chi connectivity index (χ2n) is 3.22. The van der Waals surface area contributed by atoms with Gasteiger partial charge in [0, 0.05) is 12.5 Å². The van der Waals surface area contributed by atoms with E-state index in [0.717, 1.165) is 6.42 Å². The van der Waals surface area contributed by atoms with Crippen molar-refractivity contribution >= 4 is 23.3 Å². The second-order valence-corrected chi connectivity index (χ2v) is 3.49. The average Bonchev–Trinajstić information content (AvgIpc) is 2.50. The largest absolute Gasteiger partial charge is 0.356 e. The lowest BCUT2D eigenvalue weighted by molar-refractivity contribution is -0.123. The number of hydrogen-bond acceptors (Lipinski definition) is 3. The highest BCUT2D eigenvalue weighted by molar-refractivity contribution is 6.28. The summed E-state index contributed by atoms with van der Waals surface area (Å²) in [5.41, 5.74) is 5.56. The molecule has 0 saturated carbocycles. The Morgan fingerprint density at radius 3 is 2.92 bits per heavy atom. The third-order valence-corrected chi connectivity index (χ3v) is 2.51. The van der Waals surface area contributed by atoms with Gasteiger partial charge in [0.2, 0.25) is 5.91 Å². The van der Waals surface area contributed by atoms with Crippen molar-refractivity contribution in [3.63, 3.8) is 0 Å². The summed E-state index contributed by atoms with van der Waals surface area (Å²) in [5, 5.41) is 2.69. The first-order chi connectivity index (χ1) is 6.15. The number of nitrogens with two attached hydrogens (primary N) is 1. The molecule has 74 valence electrons. The Balaban J connectivity index is 2.39. The number of carbonyl (C=O) groups is 2. The minimum absolute atomic E-state index is 0.00202. The van der Waals surface area contributed by atoms with Crippen LogP contribution in [0.2, 0.25) is 0 Å². The molecule has 1 aliphatic rings. The van der Waals surface area contributed by atoms with Crippen LogP contribution >= 0.6 is 11.6 Å². The molecule has 13 heavy (non-hydrogen) atoms. The van der Waals surface area contributed by atoms with Gasteiger partial charge in [-0.25, -0.2) is 0 Å². The minimum Gasteiger partial charge on any atom is -0.356 e. The van der Waals surface area contributed by atoms with Crippen LogP contribution in [0.5, 0.6) is 0 Å². The van der Waals surface area contributed by atoms with Crippen LogP contribution in [0.25, 0.3) is 0 Å². The Morgan fingerprint density at radius 2 is 2.46 bits per heavy atom. The van der Waals surface area contributed by atoms with E-state index in [9.17, 15) is 9.59 Å². The average molecular weight is 205 g/mol. The Morgan fingerprint density at radius 1 is 1.77 bits per heavy atom. The van der Waals surface area contributed by atoms with E-state index in [1.807, 2.05) is 0 Å². The second kappa shape index (κ2) is 4.58. The summed E-state index contributed by atoms with van der Waals surface area (Å²) in [6, 6.07) is -0.591. The van der Waals surface area contributed by atoms with Gasteiger partial charge in [-0.15, -0.1) is 11.6 Å². The number of halogens is 1. The molecular weight excluding hydrogens is 192 g/mol. The highest BCUT2D eigenvalue weighted by atomic mass is 35.5. The SMILES string of the molecule is N[C@@H](CC1CCNC1=O)C(=O)CCl. The number of rotatable bonds is 4.